The van der Waals surface area contributed by atoms with E-state index in [1.807, 2.05) is 6.92 Å². The van der Waals surface area contributed by atoms with Crippen molar-refractivity contribution in [1.29, 1.82) is 0 Å². The summed E-state index contributed by atoms with van der Waals surface area (Å²) in [6.45, 7) is 2.13. The van der Waals surface area contributed by atoms with Gasteiger partial charge in [-0.05, 0) is 18.6 Å². The molecule has 0 heterocycles. The largest absolute Gasteiger partial charge is 0.391 e. The number of nitrogens with one attached hydrogen (secondary N) is 1. The first-order chi connectivity index (χ1) is 8.54. The van der Waals surface area contributed by atoms with Gasteiger partial charge in [0, 0.05) is 24.2 Å². The van der Waals surface area contributed by atoms with E-state index in [1.54, 1.807) is 0 Å². The van der Waals surface area contributed by atoms with E-state index in [2.05, 4.69) is 5.32 Å². The average Bonchev–Trinajstić information content (AvgIpc) is 2.36. The van der Waals surface area contributed by atoms with Gasteiger partial charge in [-0.3, -0.25) is 14.9 Å². The highest BCUT2D eigenvalue weighted by molar-refractivity contribution is 5.94. The predicted octanol–water partition coefficient (Wildman–Crippen LogP) is 1.49. The molecule has 6 nitrogen and oxygen atoms in total. The molecular formula is C12H16N2O4. The van der Waals surface area contributed by atoms with Crippen LogP contribution in [0.2, 0.25) is 0 Å². The Morgan fingerprint density at radius 3 is 2.56 bits per heavy atom. The Labute approximate surface area is 105 Å². The van der Waals surface area contributed by atoms with Crippen molar-refractivity contribution in [3.05, 3.63) is 39.9 Å². The van der Waals surface area contributed by atoms with Crippen molar-refractivity contribution in [2.75, 3.05) is 6.54 Å². The van der Waals surface area contributed by atoms with Crippen molar-refractivity contribution in [1.82, 2.24) is 5.32 Å². The zero-order chi connectivity index (χ0) is 13.5. The van der Waals surface area contributed by atoms with E-state index in [0.717, 1.165) is 6.42 Å². The van der Waals surface area contributed by atoms with Crippen LogP contribution in [0.3, 0.4) is 0 Å². The number of carbonyl (C=O) groups excluding carboxylic acids is 1. The Kier molecular flexibility index (Phi) is 5.26. The topological polar surface area (TPSA) is 92.5 Å². The van der Waals surface area contributed by atoms with Crippen LogP contribution in [-0.2, 0) is 0 Å². The number of hydrogen-bond acceptors (Lipinski definition) is 4. The summed E-state index contributed by atoms with van der Waals surface area (Å²) >= 11 is 0. The van der Waals surface area contributed by atoms with Crippen LogP contribution in [0.15, 0.2) is 24.3 Å². The van der Waals surface area contributed by atoms with E-state index in [4.69, 9.17) is 0 Å². The van der Waals surface area contributed by atoms with Gasteiger partial charge < -0.3 is 10.4 Å². The minimum Gasteiger partial charge on any atom is -0.391 e. The van der Waals surface area contributed by atoms with Crippen molar-refractivity contribution in [2.24, 2.45) is 0 Å². The lowest BCUT2D eigenvalue weighted by atomic mass is 10.1. The van der Waals surface area contributed by atoms with Gasteiger partial charge in [0.05, 0.1) is 11.0 Å². The molecule has 1 aromatic rings. The molecule has 0 aliphatic carbocycles. The molecule has 18 heavy (non-hydrogen) atoms. The molecule has 6 heteroatoms. The Morgan fingerprint density at radius 1 is 1.44 bits per heavy atom. The summed E-state index contributed by atoms with van der Waals surface area (Å²) in [5.41, 5.74) is 0.280. The second-order valence-corrected chi connectivity index (χ2v) is 3.96. The average molecular weight is 252 g/mol. The predicted molar refractivity (Wildman–Crippen MR) is 66.3 cm³/mol. The number of aliphatic hydroxyl groups excluding tert-OH is 1. The zero-order valence-corrected chi connectivity index (χ0v) is 10.1. The molecule has 1 aromatic carbocycles. The summed E-state index contributed by atoms with van der Waals surface area (Å²) in [7, 11) is 0. The summed E-state index contributed by atoms with van der Waals surface area (Å²) < 4.78 is 0. The van der Waals surface area contributed by atoms with Crippen LogP contribution in [-0.4, -0.2) is 28.6 Å². The zero-order valence-electron chi connectivity index (χ0n) is 10.1. The quantitative estimate of drug-likeness (QED) is 0.592. The summed E-state index contributed by atoms with van der Waals surface area (Å²) in [4.78, 5) is 21.6. The molecule has 0 spiro atoms. The Balaban J connectivity index is 2.54. The highest BCUT2D eigenvalue weighted by atomic mass is 16.6. The number of hydrogen-bond donors (Lipinski definition) is 2. The first-order valence-corrected chi connectivity index (χ1v) is 5.75. The fourth-order valence-corrected chi connectivity index (χ4v) is 1.48. The van der Waals surface area contributed by atoms with Crippen molar-refractivity contribution < 1.29 is 14.8 Å². The van der Waals surface area contributed by atoms with Gasteiger partial charge in [0.25, 0.3) is 11.6 Å². The standard InChI is InChI=1S/C12H16N2O4/c1-2-3-11(15)8-13-12(16)9-4-6-10(7-5-9)14(17)18/h4-7,11,15H,2-3,8H2,1H3,(H,13,16). The van der Waals surface area contributed by atoms with Crippen LogP contribution >= 0.6 is 0 Å². The third kappa shape index (κ3) is 4.14. The fraction of sp³-hybridized carbons (Fsp3) is 0.417. The van der Waals surface area contributed by atoms with Gasteiger partial charge in [0.2, 0.25) is 0 Å². The minimum absolute atomic E-state index is 0.0578. The van der Waals surface area contributed by atoms with Crippen LogP contribution in [0.5, 0.6) is 0 Å². The SMILES string of the molecule is CCCC(O)CNC(=O)c1ccc([N+](=O)[O-])cc1. The van der Waals surface area contributed by atoms with Crippen LogP contribution in [0.1, 0.15) is 30.1 Å². The Bertz CT molecular complexity index is 417. The van der Waals surface area contributed by atoms with E-state index in [1.165, 1.54) is 24.3 Å². The molecule has 0 bridgehead atoms. The van der Waals surface area contributed by atoms with Gasteiger partial charge in [0.1, 0.15) is 0 Å². The molecule has 1 unspecified atom stereocenters. The van der Waals surface area contributed by atoms with E-state index >= 15 is 0 Å². The lowest BCUT2D eigenvalue weighted by Gasteiger charge is -2.10. The van der Waals surface area contributed by atoms with Gasteiger partial charge in [-0.2, -0.15) is 0 Å². The maximum absolute atomic E-state index is 11.6. The number of carbonyl (C=O) groups is 1. The smallest absolute Gasteiger partial charge is 0.269 e. The van der Waals surface area contributed by atoms with Gasteiger partial charge in [-0.15, -0.1) is 0 Å². The van der Waals surface area contributed by atoms with Crippen molar-refractivity contribution >= 4 is 11.6 Å². The molecule has 1 amide bonds. The minimum atomic E-state index is -0.558. The monoisotopic (exact) mass is 252 g/mol. The second-order valence-electron chi connectivity index (χ2n) is 3.96. The molecule has 0 saturated heterocycles. The third-order valence-electron chi connectivity index (χ3n) is 2.46. The number of aliphatic hydroxyl groups is 1. The van der Waals surface area contributed by atoms with Crippen molar-refractivity contribution in [3.8, 4) is 0 Å². The van der Waals surface area contributed by atoms with E-state index in [0.29, 0.717) is 12.0 Å². The number of nitro groups is 1. The van der Waals surface area contributed by atoms with Gasteiger partial charge in [0.15, 0.2) is 0 Å². The van der Waals surface area contributed by atoms with Gasteiger partial charge >= 0.3 is 0 Å². The second kappa shape index (κ2) is 6.70. The lowest BCUT2D eigenvalue weighted by molar-refractivity contribution is -0.384. The number of benzene rings is 1. The molecule has 0 fully saturated rings. The van der Waals surface area contributed by atoms with E-state index < -0.39 is 11.0 Å². The molecule has 0 radical (unpaired) electrons. The van der Waals surface area contributed by atoms with Crippen LogP contribution < -0.4 is 5.32 Å². The maximum atomic E-state index is 11.6. The van der Waals surface area contributed by atoms with Gasteiger partial charge in [-0.25, -0.2) is 0 Å². The van der Waals surface area contributed by atoms with Crippen LogP contribution in [0.25, 0.3) is 0 Å². The number of nitrogens with zero attached hydrogens (tertiary/aromatic N) is 1. The lowest BCUT2D eigenvalue weighted by Crippen LogP contribution is -2.31. The Morgan fingerprint density at radius 2 is 2.06 bits per heavy atom. The van der Waals surface area contributed by atoms with Crippen molar-refractivity contribution in [2.45, 2.75) is 25.9 Å². The highest BCUT2D eigenvalue weighted by Gasteiger charge is 2.10. The maximum Gasteiger partial charge on any atom is 0.269 e. The van der Waals surface area contributed by atoms with E-state index in [-0.39, 0.29) is 18.1 Å². The van der Waals surface area contributed by atoms with Crippen molar-refractivity contribution in [3.63, 3.8) is 0 Å². The molecule has 0 aromatic heterocycles. The number of rotatable bonds is 6. The molecule has 98 valence electrons. The third-order valence-corrected chi connectivity index (χ3v) is 2.46. The normalized spacial score (nSPS) is 11.9. The van der Waals surface area contributed by atoms with Crippen LogP contribution in [0, 0.1) is 10.1 Å². The number of nitro benzene ring substituents is 1. The molecule has 0 aliphatic heterocycles. The molecule has 0 aliphatic rings. The first-order valence-electron chi connectivity index (χ1n) is 5.75. The summed E-state index contributed by atoms with van der Waals surface area (Å²) in [6, 6.07) is 5.33. The molecular weight excluding hydrogens is 236 g/mol. The van der Waals surface area contributed by atoms with Crippen LogP contribution in [0.4, 0.5) is 5.69 Å². The molecule has 0 saturated carbocycles. The Hall–Kier alpha value is -1.95. The number of amides is 1. The molecule has 2 N–H and O–H groups in total. The number of non-ortho nitro benzene ring substituents is 1. The first kappa shape index (κ1) is 14.1. The summed E-state index contributed by atoms with van der Waals surface area (Å²) in [5.74, 6) is -0.347. The molecule has 1 atom stereocenters. The summed E-state index contributed by atoms with van der Waals surface area (Å²) in [6.07, 6.45) is 0.909. The summed E-state index contributed by atoms with van der Waals surface area (Å²) in [5, 5.41) is 22.5. The highest BCUT2D eigenvalue weighted by Crippen LogP contribution is 2.11. The molecule has 1 rings (SSSR count). The van der Waals surface area contributed by atoms with E-state index in [9.17, 15) is 20.0 Å². The fourth-order valence-electron chi connectivity index (χ4n) is 1.48. The van der Waals surface area contributed by atoms with Gasteiger partial charge in [-0.1, -0.05) is 13.3 Å².